The molecule has 2 aliphatic rings. The third kappa shape index (κ3) is 3.10. The van der Waals surface area contributed by atoms with Gasteiger partial charge in [-0.1, -0.05) is 29.8 Å². The van der Waals surface area contributed by atoms with Crippen molar-refractivity contribution in [2.45, 2.75) is 17.9 Å². The number of aryl methyl sites for hydroxylation is 1. The van der Waals surface area contributed by atoms with Crippen LogP contribution in [0, 0.1) is 6.92 Å². The molecule has 25 heavy (non-hydrogen) atoms. The van der Waals surface area contributed by atoms with Gasteiger partial charge in [0, 0.05) is 19.2 Å². The van der Waals surface area contributed by atoms with Crippen molar-refractivity contribution in [2.75, 3.05) is 26.5 Å². The summed E-state index contributed by atoms with van der Waals surface area (Å²) in [5.41, 5.74) is 2.14. The van der Waals surface area contributed by atoms with Crippen LogP contribution in [0.4, 0.5) is 0 Å². The van der Waals surface area contributed by atoms with Crippen LogP contribution in [-0.4, -0.2) is 39.2 Å². The average molecular weight is 361 g/mol. The monoisotopic (exact) mass is 361 g/mol. The molecule has 0 aliphatic carbocycles. The topological polar surface area (TPSA) is 65.1 Å². The minimum atomic E-state index is -3.61. The lowest BCUT2D eigenvalue weighted by molar-refractivity contribution is -0.00256. The van der Waals surface area contributed by atoms with E-state index < -0.39 is 10.0 Å². The Balaban J connectivity index is 1.58. The molecule has 132 valence electrons. The van der Waals surface area contributed by atoms with Crippen LogP contribution in [0.15, 0.2) is 47.4 Å². The van der Waals surface area contributed by atoms with Gasteiger partial charge < -0.3 is 14.2 Å². The highest BCUT2D eigenvalue weighted by Crippen LogP contribution is 2.35. The van der Waals surface area contributed by atoms with E-state index in [1.54, 1.807) is 12.1 Å². The van der Waals surface area contributed by atoms with Gasteiger partial charge in [0.15, 0.2) is 11.5 Å². The Kier molecular flexibility index (Phi) is 4.15. The molecule has 0 saturated carbocycles. The molecule has 0 N–H and O–H groups in total. The van der Waals surface area contributed by atoms with Gasteiger partial charge in [0.2, 0.25) is 16.8 Å². The number of morpholine rings is 1. The minimum Gasteiger partial charge on any atom is -0.454 e. The number of benzene rings is 2. The molecule has 0 amide bonds. The first-order valence-electron chi connectivity index (χ1n) is 8.12. The minimum absolute atomic E-state index is 0.117. The maximum absolute atomic E-state index is 13.0. The van der Waals surface area contributed by atoms with Crippen LogP contribution in [0.2, 0.25) is 0 Å². The zero-order valence-corrected chi connectivity index (χ0v) is 14.7. The second-order valence-corrected chi connectivity index (χ2v) is 8.09. The quantitative estimate of drug-likeness (QED) is 0.840. The zero-order valence-electron chi connectivity index (χ0n) is 13.8. The second kappa shape index (κ2) is 6.33. The van der Waals surface area contributed by atoms with E-state index in [1.165, 1.54) is 10.4 Å². The lowest BCUT2D eigenvalue weighted by Gasteiger charge is -2.32. The predicted molar refractivity (Wildman–Crippen MR) is 91.2 cm³/mol. The van der Waals surface area contributed by atoms with Gasteiger partial charge in [-0.15, -0.1) is 0 Å². The van der Waals surface area contributed by atoms with E-state index in [0.717, 1.165) is 11.1 Å². The number of ether oxygens (including phenoxy) is 3. The highest BCUT2D eigenvalue weighted by Gasteiger charge is 2.32. The molecule has 1 fully saturated rings. The van der Waals surface area contributed by atoms with E-state index in [2.05, 4.69) is 0 Å². The first-order valence-corrected chi connectivity index (χ1v) is 9.56. The van der Waals surface area contributed by atoms with Gasteiger partial charge in [-0.05, 0) is 24.6 Å². The van der Waals surface area contributed by atoms with E-state index in [1.807, 2.05) is 31.2 Å². The molecule has 1 saturated heterocycles. The zero-order chi connectivity index (χ0) is 17.4. The third-order valence-electron chi connectivity index (χ3n) is 4.46. The maximum atomic E-state index is 13.0. The van der Waals surface area contributed by atoms with E-state index in [4.69, 9.17) is 14.2 Å². The van der Waals surface area contributed by atoms with Gasteiger partial charge in [-0.2, -0.15) is 4.31 Å². The summed E-state index contributed by atoms with van der Waals surface area (Å²) in [4.78, 5) is 0.210. The molecule has 7 heteroatoms. The van der Waals surface area contributed by atoms with Crippen LogP contribution in [-0.2, 0) is 14.8 Å². The van der Waals surface area contributed by atoms with Crippen LogP contribution in [0.3, 0.4) is 0 Å². The van der Waals surface area contributed by atoms with Crippen molar-refractivity contribution in [3.05, 3.63) is 53.6 Å². The van der Waals surface area contributed by atoms with Crippen molar-refractivity contribution in [3.63, 3.8) is 0 Å². The molecule has 1 atom stereocenters. The summed E-state index contributed by atoms with van der Waals surface area (Å²) in [6.45, 7) is 3.12. The highest BCUT2D eigenvalue weighted by atomic mass is 32.2. The van der Waals surface area contributed by atoms with Gasteiger partial charge in [0.05, 0.1) is 17.6 Å². The normalized spacial score (nSPS) is 20.6. The molecular formula is C18H19NO5S. The molecule has 0 bridgehead atoms. The maximum Gasteiger partial charge on any atom is 0.243 e. The first-order chi connectivity index (χ1) is 12.0. The van der Waals surface area contributed by atoms with E-state index >= 15 is 0 Å². The molecular weight excluding hydrogens is 342 g/mol. The predicted octanol–water partition coefficient (Wildman–Crippen LogP) is 2.49. The Labute approximate surface area is 147 Å². The number of hydrogen-bond acceptors (Lipinski definition) is 5. The van der Waals surface area contributed by atoms with E-state index in [-0.39, 0.29) is 17.8 Å². The standard InChI is InChI=1S/C18H19NO5S/c1-13-2-4-14(5-3-13)18-11-19(8-9-22-18)25(20,21)15-6-7-16-17(10-15)24-12-23-16/h2-7,10,18H,8-9,11-12H2,1H3. The van der Waals surface area contributed by atoms with Gasteiger partial charge in [0.25, 0.3) is 0 Å². The van der Waals surface area contributed by atoms with Gasteiger partial charge in [0.1, 0.15) is 0 Å². The second-order valence-electron chi connectivity index (χ2n) is 6.15. The summed E-state index contributed by atoms with van der Waals surface area (Å²) < 4.78 is 43.8. The number of nitrogens with zero attached hydrogens (tertiary/aromatic N) is 1. The fourth-order valence-corrected chi connectivity index (χ4v) is 4.45. The van der Waals surface area contributed by atoms with Crippen molar-refractivity contribution in [3.8, 4) is 11.5 Å². The molecule has 1 unspecified atom stereocenters. The summed E-state index contributed by atoms with van der Waals surface area (Å²) in [6.07, 6.45) is -0.266. The molecule has 0 spiro atoms. The molecule has 2 heterocycles. The first kappa shape index (κ1) is 16.4. The summed E-state index contributed by atoms with van der Waals surface area (Å²) >= 11 is 0. The van der Waals surface area contributed by atoms with Crippen LogP contribution in [0.25, 0.3) is 0 Å². The lowest BCUT2D eigenvalue weighted by Crippen LogP contribution is -2.42. The number of rotatable bonds is 3. The van der Waals surface area contributed by atoms with Crippen molar-refractivity contribution in [1.29, 1.82) is 0 Å². The van der Waals surface area contributed by atoms with Crippen LogP contribution in [0.5, 0.6) is 11.5 Å². The van der Waals surface area contributed by atoms with Gasteiger partial charge >= 0.3 is 0 Å². The van der Waals surface area contributed by atoms with Crippen LogP contribution < -0.4 is 9.47 Å². The van der Waals surface area contributed by atoms with Crippen molar-refractivity contribution in [2.24, 2.45) is 0 Å². The molecule has 4 rings (SSSR count). The summed E-state index contributed by atoms with van der Waals surface area (Å²) in [6, 6.07) is 12.7. The van der Waals surface area contributed by atoms with Crippen molar-refractivity contribution >= 4 is 10.0 Å². The van der Waals surface area contributed by atoms with E-state index in [0.29, 0.717) is 31.2 Å². The van der Waals surface area contributed by atoms with Gasteiger partial charge in [-0.25, -0.2) is 8.42 Å². The smallest absolute Gasteiger partial charge is 0.243 e. The summed E-state index contributed by atoms with van der Waals surface area (Å²) in [5.74, 6) is 1.03. The number of fused-ring (bicyclic) bond motifs is 1. The molecule has 2 aliphatic heterocycles. The molecule has 0 aromatic heterocycles. The number of sulfonamides is 1. The van der Waals surface area contributed by atoms with Crippen LogP contribution >= 0.6 is 0 Å². The Morgan fingerprint density at radius 1 is 1.04 bits per heavy atom. The van der Waals surface area contributed by atoms with Gasteiger partial charge in [-0.3, -0.25) is 0 Å². The lowest BCUT2D eigenvalue weighted by atomic mass is 10.1. The Bertz CT molecular complexity index is 879. The fraction of sp³-hybridized carbons (Fsp3) is 0.333. The number of hydrogen-bond donors (Lipinski definition) is 0. The summed E-state index contributed by atoms with van der Waals surface area (Å²) in [5, 5.41) is 0. The molecule has 2 aromatic rings. The highest BCUT2D eigenvalue weighted by molar-refractivity contribution is 7.89. The summed E-state index contributed by atoms with van der Waals surface area (Å²) in [7, 11) is -3.61. The Morgan fingerprint density at radius 3 is 2.60 bits per heavy atom. The molecule has 6 nitrogen and oxygen atoms in total. The Hall–Kier alpha value is -2.09. The average Bonchev–Trinajstić information content (AvgIpc) is 3.10. The Morgan fingerprint density at radius 2 is 1.80 bits per heavy atom. The fourth-order valence-electron chi connectivity index (χ4n) is 3.01. The molecule has 0 radical (unpaired) electrons. The largest absolute Gasteiger partial charge is 0.454 e. The SMILES string of the molecule is Cc1ccc(C2CN(S(=O)(=O)c3ccc4c(c3)OCO4)CCO2)cc1. The van der Waals surface area contributed by atoms with E-state index in [9.17, 15) is 8.42 Å². The van der Waals surface area contributed by atoms with Crippen LogP contribution in [0.1, 0.15) is 17.2 Å². The van der Waals surface area contributed by atoms with Crippen molar-refractivity contribution < 1.29 is 22.6 Å². The van der Waals surface area contributed by atoms with Crippen molar-refractivity contribution in [1.82, 2.24) is 4.31 Å². The third-order valence-corrected chi connectivity index (χ3v) is 6.32. The molecule has 2 aromatic carbocycles.